The third-order valence-corrected chi connectivity index (χ3v) is 5.95. The number of amides is 1. The van der Waals surface area contributed by atoms with Gasteiger partial charge in [0.15, 0.2) is 5.76 Å². The molecular weight excluding hydrogens is 471 g/mol. The van der Waals surface area contributed by atoms with Crippen molar-refractivity contribution in [1.29, 1.82) is 0 Å². The lowest BCUT2D eigenvalue weighted by Crippen LogP contribution is -2.13. The average Bonchev–Trinajstić information content (AvgIpc) is 3.40. The first kappa shape index (κ1) is 25.1. The smallest absolute Gasteiger partial charge is 0.416 e. The SMILES string of the molecule is Cc1ccc(OCc2ccc(C(=O)Nc3c(C)nn(Cc4cccc(C(F)(F)F)c4)c3C)o2)cc1C. The van der Waals surface area contributed by atoms with E-state index in [4.69, 9.17) is 9.15 Å². The minimum absolute atomic E-state index is 0.109. The lowest BCUT2D eigenvalue weighted by molar-refractivity contribution is -0.137. The Morgan fingerprint density at radius 3 is 2.53 bits per heavy atom. The van der Waals surface area contributed by atoms with E-state index < -0.39 is 17.6 Å². The van der Waals surface area contributed by atoms with Gasteiger partial charge in [-0.2, -0.15) is 18.3 Å². The monoisotopic (exact) mass is 497 g/mol. The molecule has 0 bridgehead atoms. The van der Waals surface area contributed by atoms with Gasteiger partial charge in [0, 0.05) is 0 Å². The van der Waals surface area contributed by atoms with Crippen LogP contribution in [-0.4, -0.2) is 15.7 Å². The molecule has 1 amide bonds. The van der Waals surface area contributed by atoms with Crippen LogP contribution >= 0.6 is 0 Å². The van der Waals surface area contributed by atoms with Crippen LogP contribution < -0.4 is 10.1 Å². The number of halogens is 3. The summed E-state index contributed by atoms with van der Waals surface area (Å²) in [5, 5.41) is 7.20. The number of benzene rings is 2. The molecule has 0 aliphatic carbocycles. The van der Waals surface area contributed by atoms with Gasteiger partial charge in [-0.25, -0.2) is 0 Å². The van der Waals surface area contributed by atoms with E-state index in [2.05, 4.69) is 10.4 Å². The van der Waals surface area contributed by atoms with Crippen LogP contribution in [0, 0.1) is 27.7 Å². The number of aromatic nitrogens is 2. The number of rotatable bonds is 7. The van der Waals surface area contributed by atoms with E-state index in [1.807, 2.05) is 32.0 Å². The summed E-state index contributed by atoms with van der Waals surface area (Å²) in [5.74, 6) is 0.849. The summed E-state index contributed by atoms with van der Waals surface area (Å²) in [6, 6.07) is 14.1. The molecule has 6 nitrogen and oxygen atoms in total. The highest BCUT2D eigenvalue weighted by molar-refractivity contribution is 6.02. The predicted octanol–water partition coefficient (Wildman–Crippen LogP) is 6.61. The Hall–Kier alpha value is -4.01. The molecule has 0 saturated heterocycles. The van der Waals surface area contributed by atoms with E-state index in [9.17, 15) is 18.0 Å². The summed E-state index contributed by atoms with van der Waals surface area (Å²) in [6.45, 7) is 7.79. The zero-order chi connectivity index (χ0) is 26.0. The van der Waals surface area contributed by atoms with E-state index >= 15 is 0 Å². The van der Waals surface area contributed by atoms with Crippen molar-refractivity contribution in [2.45, 2.75) is 47.0 Å². The van der Waals surface area contributed by atoms with Gasteiger partial charge in [-0.15, -0.1) is 0 Å². The fraction of sp³-hybridized carbons (Fsp3) is 0.259. The molecule has 0 aliphatic rings. The quantitative estimate of drug-likeness (QED) is 0.312. The first-order chi connectivity index (χ1) is 17.0. The Morgan fingerprint density at radius 1 is 1.03 bits per heavy atom. The molecule has 4 aromatic rings. The maximum absolute atomic E-state index is 13.0. The molecule has 0 spiro atoms. The lowest BCUT2D eigenvalue weighted by Gasteiger charge is -2.10. The summed E-state index contributed by atoms with van der Waals surface area (Å²) >= 11 is 0. The predicted molar refractivity (Wildman–Crippen MR) is 129 cm³/mol. The molecule has 0 fully saturated rings. The van der Waals surface area contributed by atoms with Gasteiger partial charge in [0.05, 0.1) is 29.2 Å². The van der Waals surface area contributed by atoms with Crippen LogP contribution in [0.1, 0.15) is 50.0 Å². The molecule has 0 saturated carbocycles. The van der Waals surface area contributed by atoms with Crippen molar-refractivity contribution < 1.29 is 27.1 Å². The van der Waals surface area contributed by atoms with Gasteiger partial charge in [0.25, 0.3) is 5.91 Å². The van der Waals surface area contributed by atoms with Gasteiger partial charge in [-0.05, 0) is 80.8 Å². The minimum Gasteiger partial charge on any atom is -0.486 e. The molecule has 9 heteroatoms. The molecule has 2 heterocycles. The third kappa shape index (κ3) is 5.62. The van der Waals surface area contributed by atoms with Crippen molar-refractivity contribution in [1.82, 2.24) is 9.78 Å². The van der Waals surface area contributed by atoms with Crippen molar-refractivity contribution in [2.24, 2.45) is 0 Å². The number of anilines is 1. The number of nitrogens with zero attached hydrogens (tertiary/aromatic N) is 2. The van der Waals surface area contributed by atoms with E-state index in [0.717, 1.165) is 17.7 Å². The number of hydrogen-bond donors (Lipinski definition) is 1. The minimum atomic E-state index is -4.42. The van der Waals surface area contributed by atoms with Crippen molar-refractivity contribution in [2.75, 3.05) is 5.32 Å². The first-order valence-corrected chi connectivity index (χ1v) is 11.3. The molecule has 4 rings (SSSR count). The zero-order valence-electron chi connectivity index (χ0n) is 20.4. The molecule has 2 aromatic carbocycles. The van der Waals surface area contributed by atoms with Crippen LogP contribution in [0.2, 0.25) is 0 Å². The van der Waals surface area contributed by atoms with E-state index in [-0.39, 0.29) is 18.9 Å². The van der Waals surface area contributed by atoms with Crippen molar-refractivity contribution in [3.05, 3.63) is 99.8 Å². The summed E-state index contributed by atoms with van der Waals surface area (Å²) in [5.41, 5.74) is 3.66. The normalized spacial score (nSPS) is 11.5. The Balaban J connectivity index is 1.43. The molecule has 0 unspecified atom stereocenters. The molecule has 2 aromatic heterocycles. The summed E-state index contributed by atoms with van der Waals surface area (Å²) in [4.78, 5) is 12.8. The molecule has 1 N–H and O–H groups in total. The Bertz CT molecular complexity index is 1400. The van der Waals surface area contributed by atoms with Crippen LogP contribution in [0.3, 0.4) is 0 Å². The molecule has 0 radical (unpaired) electrons. The number of alkyl halides is 3. The van der Waals surface area contributed by atoms with Gasteiger partial charge in [0.2, 0.25) is 0 Å². The number of nitrogens with one attached hydrogen (secondary N) is 1. The summed E-state index contributed by atoms with van der Waals surface area (Å²) in [6.07, 6.45) is -4.42. The number of carbonyl (C=O) groups excluding carboxylic acids is 1. The molecule has 36 heavy (non-hydrogen) atoms. The standard InChI is InChI=1S/C27H26F3N3O3/c1-16-8-9-22(12-17(16)2)35-15-23-10-11-24(36-23)26(34)31-25-18(3)32-33(19(25)4)14-20-6-5-7-21(13-20)27(28,29)30/h5-13H,14-15H2,1-4H3,(H,31,34). The molecule has 188 valence electrons. The lowest BCUT2D eigenvalue weighted by atomic mass is 10.1. The second-order valence-electron chi connectivity index (χ2n) is 8.66. The summed E-state index contributed by atoms with van der Waals surface area (Å²) < 4.78 is 52.1. The first-order valence-electron chi connectivity index (χ1n) is 11.3. The average molecular weight is 498 g/mol. The van der Waals surface area contributed by atoms with Gasteiger partial charge in [-0.3, -0.25) is 9.48 Å². The fourth-order valence-electron chi connectivity index (χ4n) is 3.76. The molecule has 0 atom stereocenters. The highest BCUT2D eigenvalue weighted by atomic mass is 19.4. The number of hydrogen-bond acceptors (Lipinski definition) is 4. The maximum atomic E-state index is 13.0. The Morgan fingerprint density at radius 2 is 1.81 bits per heavy atom. The van der Waals surface area contributed by atoms with E-state index in [0.29, 0.717) is 34.1 Å². The summed E-state index contributed by atoms with van der Waals surface area (Å²) in [7, 11) is 0. The topological polar surface area (TPSA) is 69.3 Å². The van der Waals surface area contributed by atoms with Crippen molar-refractivity contribution in [3.63, 3.8) is 0 Å². The van der Waals surface area contributed by atoms with Crippen molar-refractivity contribution >= 4 is 11.6 Å². The van der Waals surface area contributed by atoms with E-state index in [1.165, 1.54) is 11.6 Å². The largest absolute Gasteiger partial charge is 0.486 e. The number of aryl methyl sites for hydroxylation is 3. The second kappa shape index (κ2) is 9.93. The zero-order valence-corrected chi connectivity index (χ0v) is 20.4. The third-order valence-electron chi connectivity index (χ3n) is 5.95. The Kier molecular flexibility index (Phi) is 6.92. The molecular formula is C27H26F3N3O3. The van der Waals surface area contributed by atoms with Gasteiger partial charge in [0.1, 0.15) is 18.1 Å². The van der Waals surface area contributed by atoms with E-state index in [1.54, 1.807) is 36.7 Å². The maximum Gasteiger partial charge on any atom is 0.416 e. The second-order valence-corrected chi connectivity index (χ2v) is 8.66. The van der Waals surface area contributed by atoms with Crippen LogP contribution in [0.5, 0.6) is 5.75 Å². The van der Waals surface area contributed by atoms with Gasteiger partial charge >= 0.3 is 6.18 Å². The number of carbonyl (C=O) groups is 1. The number of ether oxygens (including phenoxy) is 1. The number of furan rings is 1. The Labute approximate surface area is 206 Å². The molecule has 0 aliphatic heterocycles. The van der Waals surface area contributed by atoms with Crippen LogP contribution in [-0.2, 0) is 19.3 Å². The van der Waals surface area contributed by atoms with Crippen LogP contribution in [0.25, 0.3) is 0 Å². The fourth-order valence-corrected chi connectivity index (χ4v) is 3.76. The highest BCUT2D eigenvalue weighted by Crippen LogP contribution is 2.30. The van der Waals surface area contributed by atoms with Crippen LogP contribution in [0.15, 0.2) is 59.0 Å². The van der Waals surface area contributed by atoms with Gasteiger partial charge in [-0.1, -0.05) is 18.2 Å². The van der Waals surface area contributed by atoms with Gasteiger partial charge < -0.3 is 14.5 Å². The van der Waals surface area contributed by atoms with Crippen LogP contribution in [0.4, 0.5) is 18.9 Å². The highest BCUT2D eigenvalue weighted by Gasteiger charge is 2.30. The van der Waals surface area contributed by atoms with Crippen molar-refractivity contribution in [3.8, 4) is 5.75 Å².